The zero-order valence-electron chi connectivity index (χ0n) is 11.1. The molecule has 0 spiro atoms. The predicted octanol–water partition coefficient (Wildman–Crippen LogP) is 4.79. The topological polar surface area (TPSA) is 32.3 Å². The average molecular weight is 301 g/mol. The number of benzene rings is 1. The summed E-state index contributed by atoms with van der Waals surface area (Å²) in [6, 6.07) is 5.49. The summed E-state index contributed by atoms with van der Waals surface area (Å²) >= 11 is 11.9. The molecular formula is C14H18Cl2N2O. The lowest BCUT2D eigenvalue weighted by atomic mass is 9.98. The van der Waals surface area contributed by atoms with Gasteiger partial charge < -0.3 is 10.2 Å². The van der Waals surface area contributed by atoms with Crippen molar-refractivity contribution in [3.63, 3.8) is 0 Å². The van der Waals surface area contributed by atoms with Crippen molar-refractivity contribution in [2.24, 2.45) is 0 Å². The molecule has 0 unspecified atom stereocenters. The largest absolute Gasteiger partial charge is 0.322 e. The minimum atomic E-state index is -0.0936. The molecule has 1 aliphatic rings. The predicted molar refractivity (Wildman–Crippen MR) is 80.1 cm³/mol. The van der Waals surface area contributed by atoms with Crippen LogP contribution in [0.5, 0.6) is 0 Å². The van der Waals surface area contributed by atoms with Gasteiger partial charge in [-0.1, -0.05) is 23.2 Å². The summed E-state index contributed by atoms with van der Waals surface area (Å²) in [6.07, 6.45) is 3.27. The van der Waals surface area contributed by atoms with Crippen LogP contribution < -0.4 is 5.32 Å². The molecule has 0 saturated carbocycles. The van der Waals surface area contributed by atoms with Crippen LogP contribution in [0.15, 0.2) is 18.2 Å². The summed E-state index contributed by atoms with van der Waals surface area (Å²) < 4.78 is 0. The summed E-state index contributed by atoms with van der Waals surface area (Å²) in [6.45, 7) is 4.16. The highest BCUT2D eigenvalue weighted by molar-refractivity contribution is 6.36. The summed E-state index contributed by atoms with van der Waals surface area (Å²) in [5, 5.41) is 3.88. The number of halogens is 2. The summed E-state index contributed by atoms with van der Waals surface area (Å²) in [4.78, 5) is 14.2. The van der Waals surface area contributed by atoms with E-state index < -0.39 is 0 Å². The number of carbonyl (C=O) groups excluding carboxylic acids is 1. The van der Waals surface area contributed by atoms with E-state index in [0.717, 1.165) is 12.8 Å². The molecule has 0 aliphatic carbocycles. The molecule has 1 heterocycles. The third-order valence-electron chi connectivity index (χ3n) is 3.60. The van der Waals surface area contributed by atoms with Crippen molar-refractivity contribution in [1.29, 1.82) is 0 Å². The molecule has 1 fully saturated rings. The molecule has 0 radical (unpaired) electrons. The Kier molecular flexibility index (Phi) is 4.58. The summed E-state index contributed by atoms with van der Waals surface area (Å²) in [5.74, 6) is 0. The number of carbonyl (C=O) groups is 1. The number of amides is 2. The van der Waals surface area contributed by atoms with E-state index in [1.165, 1.54) is 6.42 Å². The van der Waals surface area contributed by atoms with Gasteiger partial charge in [0.15, 0.2) is 0 Å². The van der Waals surface area contributed by atoms with Gasteiger partial charge in [-0.05, 0) is 51.3 Å². The van der Waals surface area contributed by atoms with E-state index in [4.69, 9.17) is 23.2 Å². The Hall–Kier alpha value is -0.930. The molecular weight excluding hydrogens is 283 g/mol. The average Bonchev–Trinajstić information content (AvgIpc) is 2.32. The maximum Gasteiger partial charge on any atom is 0.322 e. The second kappa shape index (κ2) is 6.02. The summed E-state index contributed by atoms with van der Waals surface area (Å²) in [7, 11) is 0. The van der Waals surface area contributed by atoms with Crippen LogP contribution in [0.3, 0.4) is 0 Å². The molecule has 19 heavy (non-hydrogen) atoms. The molecule has 1 aromatic carbocycles. The highest BCUT2D eigenvalue weighted by Gasteiger charge is 2.29. The minimum Gasteiger partial charge on any atom is -0.319 e. The van der Waals surface area contributed by atoms with E-state index in [0.29, 0.717) is 15.7 Å². The quantitative estimate of drug-likeness (QED) is 0.794. The van der Waals surface area contributed by atoms with Crippen LogP contribution in [0.2, 0.25) is 10.0 Å². The van der Waals surface area contributed by atoms with Crippen LogP contribution in [0.4, 0.5) is 10.5 Å². The van der Waals surface area contributed by atoms with E-state index in [9.17, 15) is 4.79 Å². The van der Waals surface area contributed by atoms with Crippen LogP contribution in [-0.4, -0.2) is 23.0 Å². The molecule has 1 N–H and O–H groups in total. The van der Waals surface area contributed by atoms with Crippen LogP contribution in [0.1, 0.15) is 33.1 Å². The molecule has 1 aliphatic heterocycles. The normalized spacial score (nSPS) is 23.3. The molecule has 2 atom stereocenters. The fourth-order valence-electron chi connectivity index (χ4n) is 2.59. The number of rotatable bonds is 1. The Bertz CT molecular complexity index is 469. The fourth-order valence-corrected chi connectivity index (χ4v) is 3.05. The highest BCUT2D eigenvalue weighted by Crippen LogP contribution is 2.28. The molecule has 3 nitrogen and oxygen atoms in total. The van der Waals surface area contributed by atoms with Crippen molar-refractivity contribution in [1.82, 2.24) is 4.90 Å². The van der Waals surface area contributed by atoms with Crippen molar-refractivity contribution < 1.29 is 4.79 Å². The van der Waals surface area contributed by atoms with E-state index in [-0.39, 0.29) is 18.1 Å². The van der Waals surface area contributed by atoms with E-state index >= 15 is 0 Å². The van der Waals surface area contributed by atoms with Crippen LogP contribution in [0, 0.1) is 0 Å². The van der Waals surface area contributed by atoms with Crippen molar-refractivity contribution in [3.8, 4) is 0 Å². The molecule has 1 aromatic rings. The van der Waals surface area contributed by atoms with Gasteiger partial charge >= 0.3 is 6.03 Å². The monoisotopic (exact) mass is 300 g/mol. The van der Waals surface area contributed by atoms with Gasteiger partial charge in [-0.2, -0.15) is 0 Å². The number of hydrogen-bond acceptors (Lipinski definition) is 1. The molecule has 2 amide bonds. The Morgan fingerprint density at radius 1 is 1.26 bits per heavy atom. The molecule has 104 valence electrons. The van der Waals surface area contributed by atoms with E-state index in [1.807, 2.05) is 4.90 Å². The molecule has 5 heteroatoms. The van der Waals surface area contributed by atoms with Gasteiger partial charge in [0, 0.05) is 17.1 Å². The Morgan fingerprint density at radius 2 is 1.89 bits per heavy atom. The first kappa shape index (κ1) is 14.5. The molecule has 1 saturated heterocycles. The molecule has 0 aromatic heterocycles. The van der Waals surface area contributed by atoms with Gasteiger partial charge in [0.1, 0.15) is 0 Å². The zero-order valence-corrected chi connectivity index (χ0v) is 12.6. The van der Waals surface area contributed by atoms with E-state index in [1.54, 1.807) is 18.2 Å². The lowest BCUT2D eigenvalue weighted by Gasteiger charge is -2.38. The van der Waals surface area contributed by atoms with Crippen LogP contribution >= 0.6 is 23.2 Å². The maximum atomic E-state index is 12.3. The number of anilines is 1. The number of piperidine rings is 1. The van der Waals surface area contributed by atoms with Gasteiger partial charge in [0.25, 0.3) is 0 Å². The Morgan fingerprint density at radius 3 is 2.47 bits per heavy atom. The first-order valence-electron chi connectivity index (χ1n) is 6.53. The first-order valence-corrected chi connectivity index (χ1v) is 7.29. The van der Waals surface area contributed by atoms with Gasteiger partial charge in [-0.25, -0.2) is 4.79 Å². The Balaban J connectivity index is 2.11. The van der Waals surface area contributed by atoms with Gasteiger partial charge in [0.05, 0.1) is 10.7 Å². The number of nitrogens with zero attached hydrogens (tertiary/aromatic N) is 1. The van der Waals surface area contributed by atoms with Crippen molar-refractivity contribution in [3.05, 3.63) is 28.2 Å². The van der Waals surface area contributed by atoms with E-state index in [2.05, 4.69) is 19.2 Å². The van der Waals surface area contributed by atoms with Crippen molar-refractivity contribution in [2.45, 2.75) is 45.2 Å². The second-order valence-electron chi connectivity index (χ2n) is 5.09. The lowest BCUT2D eigenvalue weighted by Crippen LogP contribution is -2.49. The number of urea groups is 1. The lowest BCUT2D eigenvalue weighted by molar-refractivity contribution is 0.133. The standard InChI is InChI=1S/C14H18Cl2N2O/c1-9-4-3-5-10(2)18(9)14(19)17-13-7-6-11(15)8-12(13)16/h6-10H,3-5H2,1-2H3,(H,17,19)/t9-,10-/m0/s1. The van der Waals surface area contributed by atoms with Crippen molar-refractivity contribution >= 4 is 34.9 Å². The fraction of sp³-hybridized carbons (Fsp3) is 0.500. The summed E-state index contributed by atoms with van der Waals surface area (Å²) in [5.41, 5.74) is 0.598. The molecule has 0 bridgehead atoms. The first-order chi connectivity index (χ1) is 8.99. The molecule has 2 rings (SSSR count). The van der Waals surface area contributed by atoms with Gasteiger partial charge in [-0.3, -0.25) is 0 Å². The number of likely N-dealkylation sites (tertiary alicyclic amines) is 1. The van der Waals surface area contributed by atoms with Gasteiger partial charge in [-0.15, -0.1) is 0 Å². The maximum absolute atomic E-state index is 12.3. The van der Waals surface area contributed by atoms with Crippen molar-refractivity contribution in [2.75, 3.05) is 5.32 Å². The van der Waals surface area contributed by atoms with Crippen LogP contribution in [-0.2, 0) is 0 Å². The smallest absolute Gasteiger partial charge is 0.319 e. The highest BCUT2D eigenvalue weighted by atomic mass is 35.5. The number of nitrogens with one attached hydrogen (secondary N) is 1. The minimum absolute atomic E-state index is 0.0936. The third kappa shape index (κ3) is 3.34. The zero-order chi connectivity index (χ0) is 14.0. The third-order valence-corrected chi connectivity index (χ3v) is 4.15. The SMILES string of the molecule is C[C@H]1CCC[C@H](C)N1C(=O)Nc1ccc(Cl)cc1Cl. The second-order valence-corrected chi connectivity index (χ2v) is 5.93. The Labute approximate surface area is 123 Å². The van der Waals surface area contributed by atoms with Gasteiger partial charge in [0.2, 0.25) is 0 Å². The number of hydrogen-bond donors (Lipinski definition) is 1. The van der Waals surface area contributed by atoms with Crippen LogP contribution in [0.25, 0.3) is 0 Å².